The number of rotatable bonds is 7. The Balaban J connectivity index is 2.15. The van der Waals surface area contributed by atoms with Gasteiger partial charge in [0.25, 0.3) is 0 Å². The van der Waals surface area contributed by atoms with E-state index in [9.17, 15) is 9.59 Å². The van der Waals surface area contributed by atoms with Crippen LogP contribution in [0.25, 0.3) is 0 Å². The van der Waals surface area contributed by atoms with Gasteiger partial charge in [-0.1, -0.05) is 26.0 Å². The maximum Gasteiger partial charge on any atom is 0.355 e. The maximum atomic E-state index is 12.7. The van der Waals surface area contributed by atoms with Gasteiger partial charge in [-0.3, -0.25) is 4.79 Å². The zero-order valence-corrected chi connectivity index (χ0v) is 16.0. The van der Waals surface area contributed by atoms with Gasteiger partial charge in [-0.2, -0.15) is 12.6 Å². The Morgan fingerprint density at radius 1 is 1.24 bits per heavy atom. The molecule has 1 aliphatic rings. The Kier molecular flexibility index (Phi) is 6.53. The largest absolute Gasteiger partial charge is 0.497 e. The standard InChI is InChI=1S/C19H25NO4S/c1-5-15(11-25)17(20-13(3)12(2)18(20)21)19(22)24-10-14-6-8-16(23-4)9-7-14/h6-9,12-13,25H,5,10-11H2,1-4H3. The number of benzene rings is 1. The third-order valence-corrected chi connectivity index (χ3v) is 5.06. The van der Waals surface area contributed by atoms with Crippen LogP contribution in [0.4, 0.5) is 0 Å². The summed E-state index contributed by atoms with van der Waals surface area (Å²) in [4.78, 5) is 26.5. The third-order valence-electron chi connectivity index (χ3n) is 4.67. The molecule has 0 radical (unpaired) electrons. The second-order valence-corrected chi connectivity index (χ2v) is 6.44. The molecule has 0 N–H and O–H groups in total. The number of esters is 1. The van der Waals surface area contributed by atoms with Crippen LogP contribution in [0.1, 0.15) is 32.8 Å². The van der Waals surface area contributed by atoms with Crippen LogP contribution in [-0.2, 0) is 20.9 Å². The van der Waals surface area contributed by atoms with Gasteiger partial charge in [0.15, 0.2) is 0 Å². The summed E-state index contributed by atoms with van der Waals surface area (Å²) in [5.41, 5.74) is 2.02. The first-order chi connectivity index (χ1) is 11.9. The van der Waals surface area contributed by atoms with E-state index in [2.05, 4.69) is 12.6 Å². The van der Waals surface area contributed by atoms with Crippen LogP contribution in [0.3, 0.4) is 0 Å². The van der Waals surface area contributed by atoms with Crippen molar-refractivity contribution in [3.8, 4) is 5.75 Å². The molecule has 2 unspecified atom stereocenters. The molecule has 1 aromatic rings. The Bertz CT molecular complexity index is 663. The molecular formula is C19H25NO4S. The number of nitrogens with zero attached hydrogens (tertiary/aromatic N) is 1. The van der Waals surface area contributed by atoms with Crippen LogP contribution in [0.2, 0.25) is 0 Å². The van der Waals surface area contributed by atoms with E-state index in [1.165, 1.54) is 0 Å². The SMILES string of the molecule is CCC(CS)=C(C(=O)OCc1ccc(OC)cc1)N1C(=O)C(C)C1C. The summed E-state index contributed by atoms with van der Waals surface area (Å²) in [5, 5.41) is 0. The molecular weight excluding hydrogens is 338 g/mol. The van der Waals surface area contributed by atoms with Crippen LogP contribution in [0, 0.1) is 5.92 Å². The molecule has 2 rings (SSSR count). The number of methoxy groups -OCH3 is 1. The summed E-state index contributed by atoms with van der Waals surface area (Å²) >= 11 is 4.31. The first-order valence-electron chi connectivity index (χ1n) is 8.40. The van der Waals surface area contributed by atoms with E-state index in [1.54, 1.807) is 12.0 Å². The predicted molar refractivity (Wildman–Crippen MR) is 99.4 cm³/mol. The fourth-order valence-electron chi connectivity index (χ4n) is 2.79. The van der Waals surface area contributed by atoms with Gasteiger partial charge in [0.2, 0.25) is 5.91 Å². The highest BCUT2D eigenvalue weighted by Crippen LogP contribution is 2.33. The molecule has 136 valence electrons. The number of likely N-dealkylation sites (tertiary alicyclic amines) is 1. The molecule has 1 fully saturated rings. The van der Waals surface area contributed by atoms with Gasteiger partial charge >= 0.3 is 5.97 Å². The second-order valence-electron chi connectivity index (χ2n) is 6.13. The number of amides is 1. The first-order valence-corrected chi connectivity index (χ1v) is 9.03. The molecule has 0 bridgehead atoms. The normalized spacial score (nSPS) is 20.7. The Labute approximate surface area is 154 Å². The third kappa shape index (κ3) is 4.00. The first kappa shape index (κ1) is 19.4. The minimum atomic E-state index is -0.478. The fraction of sp³-hybridized carbons (Fsp3) is 0.474. The van der Waals surface area contributed by atoms with Gasteiger partial charge in [0.1, 0.15) is 18.1 Å². The number of ether oxygens (including phenoxy) is 2. The lowest BCUT2D eigenvalue weighted by atomic mass is 9.89. The van der Waals surface area contributed by atoms with E-state index in [-0.39, 0.29) is 24.5 Å². The van der Waals surface area contributed by atoms with Gasteiger partial charge in [0, 0.05) is 11.8 Å². The monoisotopic (exact) mass is 363 g/mol. The van der Waals surface area contributed by atoms with E-state index >= 15 is 0 Å². The highest BCUT2D eigenvalue weighted by molar-refractivity contribution is 7.80. The van der Waals surface area contributed by atoms with E-state index in [1.807, 2.05) is 45.0 Å². The molecule has 0 saturated carbocycles. The molecule has 0 aromatic heterocycles. The summed E-state index contributed by atoms with van der Waals surface area (Å²) in [6.45, 7) is 5.90. The smallest absolute Gasteiger partial charge is 0.355 e. The summed E-state index contributed by atoms with van der Waals surface area (Å²) < 4.78 is 10.6. The number of hydrogen-bond acceptors (Lipinski definition) is 5. The van der Waals surface area contributed by atoms with Crippen LogP contribution in [0.15, 0.2) is 35.5 Å². The van der Waals surface area contributed by atoms with Gasteiger partial charge in [-0.15, -0.1) is 0 Å². The van der Waals surface area contributed by atoms with Gasteiger partial charge in [-0.25, -0.2) is 4.79 Å². The van der Waals surface area contributed by atoms with E-state index in [4.69, 9.17) is 9.47 Å². The lowest BCUT2D eigenvalue weighted by Crippen LogP contribution is -2.59. The number of thiol groups is 1. The van der Waals surface area contributed by atoms with Crippen molar-refractivity contribution < 1.29 is 19.1 Å². The summed E-state index contributed by atoms with van der Waals surface area (Å²) in [5.74, 6) is 0.551. The molecule has 1 aromatic carbocycles. The van der Waals surface area contributed by atoms with E-state index < -0.39 is 5.97 Å². The maximum absolute atomic E-state index is 12.7. The van der Waals surface area contributed by atoms with Crippen molar-refractivity contribution in [1.82, 2.24) is 4.90 Å². The lowest BCUT2D eigenvalue weighted by Gasteiger charge is -2.44. The Morgan fingerprint density at radius 3 is 2.36 bits per heavy atom. The highest BCUT2D eigenvalue weighted by atomic mass is 32.1. The molecule has 1 heterocycles. The minimum absolute atomic E-state index is 0.0162. The van der Waals surface area contributed by atoms with Crippen molar-refractivity contribution in [2.24, 2.45) is 5.92 Å². The number of hydrogen-bond donors (Lipinski definition) is 1. The quantitative estimate of drug-likeness (QED) is 0.350. The topological polar surface area (TPSA) is 55.8 Å². The van der Waals surface area contributed by atoms with E-state index in [0.29, 0.717) is 17.9 Å². The van der Waals surface area contributed by atoms with Crippen LogP contribution >= 0.6 is 12.6 Å². The molecule has 1 aliphatic heterocycles. The number of carbonyl (C=O) groups is 2. The van der Waals surface area contributed by atoms with Crippen LogP contribution < -0.4 is 4.74 Å². The van der Waals surface area contributed by atoms with Gasteiger partial charge < -0.3 is 14.4 Å². The van der Waals surface area contributed by atoms with Gasteiger partial charge in [-0.05, 0) is 36.6 Å². The summed E-state index contributed by atoms with van der Waals surface area (Å²) in [7, 11) is 1.60. The van der Waals surface area contributed by atoms with Crippen LogP contribution in [-0.4, -0.2) is 35.7 Å². The fourth-order valence-corrected chi connectivity index (χ4v) is 3.16. The van der Waals surface area contributed by atoms with Crippen molar-refractivity contribution in [3.05, 3.63) is 41.1 Å². The zero-order chi connectivity index (χ0) is 18.6. The van der Waals surface area contributed by atoms with Crippen molar-refractivity contribution >= 4 is 24.5 Å². The second kappa shape index (κ2) is 8.43. The summed E-state index contributed by atoms with van der Waals surface area (Å²) in [6.07, 6.45) is 0.640. The molecule has 1 amide bonds. The molecule has 5 nitrogen and oxygen atoms in total. The molecule has 0 aliphatic carbocycles. The van der Waals surface area contributed by atoms with Crippen LogP contribution in [0.5, 0.6) is 5.75 Å². The molecule has 1 saturated heterocycles. The minimum Gasteiger partial charge on any atom is -0.497 e. The van der Waals surface area contributed by atoms with Crippen molar-refractivity contribution in [2.45, 2.75) is 39.8 Å². The average molecular weight is 363 g/mol. The number of carbonyl (C=O) groups excluding carboxylic acids is 2. The van der Waals surface area contributed by atoms with Crippen molar-refractivity contribution in [3.63, 3.8) is 0 Å². The van der Waals surface area contributed by atoms with Crippen molar-refractivity contribution in [1.29, 1.82) is 0 Å². The highest BCUT2D eigenvalue weighted by Gasteiger charge is 2.45. The zero-order valence-electron chi connectivity index (χ0n) is 15.1. The molecule has 6 heteroatoms. The Hall–Kier alpha value is -1.95. The molecule has 25 heavy (non-hydrogen) atoms. The summed E-state index contributed by atoms with van der Waals surface area (Å²) in [6, 6.07) is 7.29. The number of β-lactam (4-membered cyclic amide) rings is 1. The van der Waals surface area contributed by atoms with E-state index in [0.717, 1.165) is 16.9 Å². The lowest BCUT2D eigenvalue weighted by molar-refractivity contribution is -0.157. The Morgan fingerprint density at radius 2 is 1.88 bits per heavy atom. The molecule has 2 atom stereocenters. The molecule has 0 spiro atoms. The van der Waals surface area contributed by atoms with Gasteiger partial charge in [0.05, 0.1) is 13.0 Å². The van der Waals surface area contributed by atoms with Crippen molar-refractivity contribution in [2.75, 3.05) is 12.9 Å². The average Bonchev–Trinajstić information content (AvgIpc) is 2.65. The predicted octanol–water partition coefficient (Wildman–Crippen LogP) is 3.20.